The maximum atomic E-state index is 10.7. The van der Waals surface area contributed by atoms with Crippen molar-refractivity contribution in [3.05, 3.63) is 35.9 Å². The zero-order valence-electron chi connectivity index (χ0n) is 12.1. The Morgan fingerprint density at radius 3 is 2.53 bits per heavy atom. The molecule has 0 aromatic heterocycles. The van der Waals surface area contributed by atoms with Crippen LogP contribution in [0.5, 0.6) is 0 Å². The third-order valence-electron chi connectivity index (χ3n) is 5.24. The Hall–Kier alpha value is -0.860. The first-order chi connectivity index (χ1) is 8.90. The number of benzene rings is 1. The van der Waals surface area contributed by atoms with Gasteiger partial charge in [-0.3, -0.25) is 0 Å². The highest BCUT2D eigenvalue weighted by Gasteiger charge is 2.52. The Morgan fingerprint density at radius 1 is 1.16 bits per heavy atom. The Kier molecular flexibility index (Phi) is 2.99. The van der Waals surface area contributed by atoms with Gasteiger partial charge in [0.15, 0.2) is 0 Å². The summed E-state index contributed by atoms with van der Waals surface area (Å²) in [6.07, 6.45) is 3.04. The fraction of sp³-hybridized carbons (Fsp3) is 0.647. The van der Waals surface area contributed by atoms with Crippen LogP contribution in [-0.4, -0.2) is 16.3 Å². The maximum absolute atomic E-state index is 10.7. The lowest BCUT2D eigenvalue weighted by Crippen LogP contribution is -2.54. The van der Waals surface area contributed by atoms with Gasteiger partial charge >= 0.3 is 0 Å². The lowest BCUT2D eigenvalue weighted by molar-refractivity contribution is -0.232. The summed E-state index contributed by atoms with van der Waals surface area (Å²) in [5, 5.41) is 10.7. The normalized spacial score (nSPS) is 40.9. The van der Waals surface area contributed by atoms with Crippen LogP contribution in [-0.2, 0) is 4.74 Å². The Labute approximate surface area is 115 Å². The van der Waals surface area contributed by atoms with Gasteiger partial charge < -0.3 is 9.84 Å². The topological polar surface area (TPSA) is 29.5 Å². The minimum atomic E-state index is -0.604. The van der Waals surface area contributed by atoms with Crippen molar-refractivity contribution in [1.29, 1.82) is 0 Å². The van der Waals surface area contributed by atoms with E-state index >= 15 is 0 Å². The zero-order chi connectivity index (χ0) is 13.7. The quantitative estimate of drug-likeness (QED) is 0.834. The van der Waals surface area contributed by atoms with Crippen molar-refractivity contribution in [3.63, 3.8) is 0 Å². The van der Waals surface area contributed by atoms with Gasteiger partial charge in [0.25, 0.3) is 0 Å². The summed E-state index contributed by atoms with van der Waals surface area (Å²) in [6.45, 7) is 6.37. The van der Waals surface area contributed by atoms with Gasteiger partial charge in [-0.1, -0.05) is 30.3 Å². The molecule has 1 aromatic rings. The third-order valence-corrected chi connectivity index (χ3v) is 5.24. The largest absolute Gasteiger partial charge is 0.390 e. The number of aliphatic hydroxyl groups is 1. The number of rotatable bonds is 1. The van der Waals surface area contributed by atoms with E-state index in [2.05, 4.69) is 38.1 Å². The molecule has 1 aliphatic carbocycles. The molecule has 3 rings (SSSR count). The molecule has 2 fully saturated rings. The highest BCUT2D eigenvalue weighted by atomic mass is 16.5. The van der Waals surface area contributed by atoms with Crippen LogP contribution in [0.15, 0.2) is 30.3 Å². The van der Waals surface area contributed by atoms with Gasteiger partial charge in [0, 0.05) is 5.92 Å². The Balaban J connectivity index is 1.98. The summed E-state index contributed by atoms with van der Waals surface area (Å²) in [5.74, 6) is 0.777. The van der Waals surface area contributed by atoms with E-state index in [4.69, 9.17) is 4.74 Å². The summed E-state index contributed by atoms with van der Waals surface area (Å²) in [7, 11) is 0. The lowest BCUT2D eigenvalue weighted by atomic mass is 9.62. The van der Waals surface area contributed by atoms with Gasteiger partial charge in [-0.15, -0.1) is 0 Å². The first kappa shape index (κ1) is 13.1. The van der Waals surface area contributed by atoms with Crippen LogP contribution in [0.2, 0.25) is 0 Å². The van der Waals surface area contributed by atoms with Crippen LogP contribution in [0.1, 0.15) is 51.7 Å². The van der Waals surface area contributed by atoms with Crippen molar-refractivity contribution in [2.75, 3.05) is 0 Å². The van der Waals surface area contributed by atoms with Gasteiger partial charge in [-0.2, -0.15) is 0 Å². The van der Waals surface area contributed by atoms with Gasteiger partial charge in [-0.05, 0) is 51.5 Å². The molecule has 1 saturated heterocycles. The van der Waals surface area contributed by atoms with Crippen LogP contribution in [0, 0.1) is 11.8 Å². The Bertz CT molecular complexity index is 448. The molecule has 0 unspecified atom stereocenters. The molecule has 2 aliphatic rings. The molecule has 0 amide bonds. The summed E-state index contributed by atoms with van der Waals surface area (Å²) in [4.78, 5) is 0. The average molecular weight is 260 g/mol. The predicted molar refractivity (Wildman–Crippen MR) is 75.8 cm³/mol. The molecule has 104 valence electrons. The molecular weight excluding hydrogens is 236 g/mol. The van der Waals surface area contributed by atoms with E-state index in [1.165, 1.54) is 5.56 Å². The third kappa shape index (κ3) is 2.21. The summed E-state index contributed by atoms with van der Waals surface area (Å²) in [6, 6.07) is 10.4. The standard InChI is InChI=1S/C17H24O2/c1-16(2)13-9-10-17(3,18)14(11-13)15(19-16)12-7-5-4-6-8-12/h4-8,13-15,18H,9-11H2,1-3H3/t13-,14-,15-,17-/m0/s1. The predicted octanol–water partition coefficient (Wildman–Crippen LogP) is 3.70. The van der Waals surface area contributed by atoms with E-state index in [0.717, 1.165) is 19.3 Å². The van der Waals surface area contributed by atoms with E-state index in [0.29, 0.717) is 5.92 Å². The van der Waals surface area contributed by atoms with Crippen LogP contribution < -0.4 is 0 Å². The second kappa shape index (κ2) is 4.32. The highest BCUT2D eigenvalue weighted by Crippen LogP contribution is 2.54. The first-order valence-electron chi connectivity index (χ1n) is 7.35. The number of hydrogen-bond donors (Lipinski definition) is 1. The molecule has 4 atom stereocenters. The summed E-state index contributed by atoms with van der Waals surface area (Å²) < 4.78 is 6.40. The van der Waals surface area contributed by atoms with Crippen molar-refractivity contribution < 1.29 is 9.84 Å². The molecule has 1 aliphatic heterocycles. The van der Waals surface area contributed by atoms with Crippen molar-refractivity contribution in [2.45, 2.75) is 57.3 Å². The minimum Gasteiger partial charge on any atom is -0.390 e. The number of fused-ring (bicyclic) bond motifs is 2. The van der Waals surface area contributed by atoms with Gasteiger partial charge in [0.1, 0.15) is 0 Å². The fourth-order valence-corrected chi connectivity index (χ4v) is 3.86. The fourth-order valence-electron chi connectivity index (χ4n) is 3.86. The van der Waals surface area contributed by atoms with E-state index in [-0.39, 0.29) is 17.6 Å². The van der Waals surface area contributed by atoms with Crippen LogP contribution in [0.4, 0.5) is 0 Å². The lowest BCUT2D eigenvalue weighted by Gasteiger charge is -2.55. The van der Waals surface area contributed by atoms with Crippen molar-refractivity contribution in [2.24, 2.45) is 11.8 Å². The monoisotopic (exact) mass is 260 g/mol. The van der Waals surface area contributed by atoms with E-state index in [1.54, 1.807) is 0 Å². The van der Waals surface area contributed by atoms with E-state index in [1.807, 2.05) is 13.0 Å². The van der Waals surface area contributed by atoms with Gasteiger partial charge in [-0.25, -0.2) is 0 Å². The maximum Gasteiger partial charge on any atom is 0.0887 e. The van der Waals surface area contributed by atoms with E-state index in [9.17, 15) is 5.11 Å². The van der Waals surface area contributed by atoms with Crippen LogP contribution in [0.25, 0.3) is 0 Å². The number of hydrogen-bond acceptors (Lipinski definition) is 2. The Morgan fingerprint density at radius 2 is 1.84 bits per heavy atom. The molecule has 0 radical (unpaired) electrons. The highest BCUT2D eigenvalue weighted by molar-refractivity contribution is 5.21. The molecule has 1 saturated carbocycles. The molecular formula is C17H24O2. The van der Waals surface area contributed by atoms with Crippen molar-refractivity contribution in [3.8, 4) is 0 Å². The first-order valence-corrected chi connectivity index (χ1v) is 7.35. The molecule has 1 heterocycles. The van der Waals surface area contributed by atoms with Gasteiger partial charge in [0.05, 0.1) is 17.3 Å². The second-order valence-corrected chi connectivity index (χ2v) is 6.99. The molecule has 2 heteroatoms. The molecule has 0 spiro atoms. The average Bonchev–Trinajstić information content (AvgIpc) is 2.36. The second-order valence-electron chi connectivity index (χ2n) is 6.99. The molecule has 2 bridgehead atoms. The van der Waals surface area contributed by atoms with Gasteiger partial charge in [0.2, 0.25) is 0 Å². The summed E-state index contributed by atoms with van der Waals surface area (Å²) >= 11 is 0. The van der Waals surface area contributed by atoms with Crippen LogP contribution >= 0.6 is 0 Å². The smallest absolute Gasteiger partial charge is 0.0887 e. The van der Waals surface area contributed by atoms with Crippen LogP contribution in [0.3, 0.4) is 0 Å². The molecule has 2 nitrogen and oxygen atoms in total. The van der Waals surface area contributed by atoms with Crippen molar-refractivity contribution in [1.82, 2.24) is 0 Å². The number of ether oxygens (including phenoxy) is 1. The van der Waals surface area contributed by atoms with Crippen molar-refractivity contribution >= 4 is 0 Å². The SMILES string of the molecule is CC1(C)O[C@@H](c2ccccc2)[C@@H]2C[C@@H]1CC[C@]2(C)O. The molecule has 1 N–H and O–H groups in total. The summed E-state index contributed by atoms with van der Waals surface area (Å²) in [5.41, 5.74) is 0.502. The molecule has 19 heavy (non-hydrogen) atoms. The minimum absolute atomic E-state index is 0.0164. The zero-order valence-corrected chi connectivity index (χ0v) is 12.1. The molecule has 1 aromatic carbocycles. The van der Waals surface area contributed by atoms with E-state index < -0.39 is 5.60 Å².